The Hall–Kier alpha value is -2.21. The Kier molecular flexibility index (Phi) is 5.48. The molecule has 2 aromatic rings. The van der Waals surface area contributed by atoms with Gasteiger partial charge in [-0.2, -0.15) is 0 Å². The molecule has 3 rings (SSSR count). The number of carbonyl (C=O) groups excluding carboxylic acids is 2. The molecule has 0 unspecified atom stereocenters. The molecule has 0 bridgehead atoms. The normalized spacial score (nSPS) is 15.2. The molecular formula is C19H21FN2O2S. The number of rotatable bonds is 4. The van der Waals surface area contributed by atoms with E-state index in [0.29, 0.717) is 38.0 Å². The van der Waals surface area contributed by atoms with Gasteiger partial charge in [0, 0.05) is 36.5 Å². The minimum absolute atomic E-state index is 0.0396. The highest BCUT2D eigenvalue weighted by molar-refractivity contribution is 7.09. The molecule has 2 amide bonds. The first-order chi connectivity index (χ1) is 12.0. The molecule has 0 spiro atoms. The van der Waals surface area contributed by atoms with E-state index in [0.717, 1.165) is 0 Å². The van der Waals surface area contributed by atoms with Crippen LogP contribution in [-0.4, -0.2) is 41.8 Å². The van der Waals surface area contributed by atoms with Crippen LogP contribution in [0.5, 0.6) is 0 Å². The van der Waals surface area contributed by atoms with Crippen LogP contribution >= 0.6 is 11.3 Å². The number of carbonyl (C=O) groups is 2. The number of amides is 2. The molecule has 4 nitrogen and oxygen atoms in total. The second-order valence-electron chi connectivity index (χ2n) is 6.35. The molecule has 0 saturated carbocycles. The zero-order valence-electron chi connectivity index (χ0n) is 14.2. The lowest BCUT2D eigenvalue weighted by Gasteiger charge is -2.33. The molecule has 1 aromatic heterocycles. The number of thiophene rings is 1. The fraction of sp³-hybridized carbons (Fsp3) is 0.368. The van der Waals surface area contributed by atoms with Crippen molar-refractivity contribution in [1.29, 1.82) is 0 Å². The van der Waals surface area contributed by atoms with Gasteiger partial charge in [-0.15, -0.1) is 11.3 Å². The van der Waals surface area contributed by atoms with Crippen LogP contribution in [0.3, 0.4) is 0 Å². The highest BCUT2D eigenvalue weighted by Crippen LogP contribution is 2.22. The summed E-state index contributed by atoms with van der Waals surface area (Å²) in [5.41, 5.74) is 0.487. The molecule has 1 aliphatic heterocycles. The third kappa shape index (κ3) is 4.25. The van der Waals surface area contributed by atoms with E-state index < -0.39 is 0 Å². The molecule has 0 radical (unpaired) electrons. The van der Waals surface area contributed by atoms with Crippen LogP contribution in [0.25, 0.3) is 0 Å². The van der Waals surface area contributed by atoms with E-state index in [9.17, 15) is 14.0 Å². The number of hydrogen-bond donors (Lipinski definition) is 0. The fourth-order valence-corrected chi connectivity index (χ4v) is 3.89. The third-order valence-electron chi connectivity index (χ3n) is 4.57. The van der Waals surface area contributed by atoms with E-state index in [2.05, 4.69) is 0 Å². The van der Waals surface area contributed by atoms with Gasteiger partial charge in [0.1, 0.15) is 5.82 Å². The maximum atomic E-state index is 13.0. The number of piperidine rings is 1. The van der Waals surface area contributed by atoms with Crippen molar-refractivity contribution in [2.45, 2.75) is 19.4 Å². The summed E-state index contributed by atoms with van der Waals surface area (Å²) in [7, 11) is 1.83. The second-order valence-corrected chi connectivity index (χ2v) is 7.38. The molecule has 0 aliphatic carbocycles. The molecule has 25 heavy (non-hydrogen) atoms. The van der Waals surface area contributed by atoms with Crippen molar-refractivity contribution in [3.8, 4) is 0 Å². The third-order valence-corrected chi connectivity index (χ3v) is 5.43. The topological polar surface area (TPSA) is 40.6 Å². The van der Waals surface area contributed by atoms with Crippen molar-refractivity contribution < 1.29 is 14.0 Å². The average molecular weight is 360 g/mol. The van der Waals surface area contributed by atoms with Gasteiger partial charge in [0.25, 0.3) is 5.91 Å². The average Bonchev–Trinajstić information content (AvgIpc) is 3.14. The van der Waals surface area contributed by atoms with E-state index in [1.165, 1.54) is 29.1 Å². The quantitative estimate of drug-likeness (QED) is 0.838. The minimum atomic E-state index is -0.352. The minimum Gasteiger partial charge on any atom is -0.340 e. The van der Waals surface area contributed by atoms with Gasteiger partial charge < -0.3 is 9.80 Å². The zero-order valence-corrected chi connectivity index (χ0v) is 15.0. The van der Waals surface area contributed by atoms with Gasteiger partial charge in [-0.1, -0.05) is 6.07 Å². The van der Waals surface area contributed by atoms with Gasteiger partial charge in [0.15, 0.2) is 0 Å². The summed E-state index contributed by atoms with van der Waals surface area (Å²) < 4.78 is 13.0. The Morgan fingerprint density at radius 3 is 2.48 bits per heavy atom. The molecule has 2 heterocycles. The maximum Gasteiger partial charge on any atom is 0.253 e. The first-order valence-electron chi connectivity index (χ1n) is 8.37. The monoisotopic (exact) mass is 360 g/mol. The first kappa shape index (κ1) is 17.6. The van der Waals surface area contributed by atoms with E-state index in [-0.39, 0.29) is 23.5 Å². The van der Waals surface area contributed by atoms with Gasteiger partial charge in [-0.25, -0.2) is 4.39 Å². The Morgan fingerprint density at radius 1 is 1.20 bits per heavy atom. The summed E-state index contributed by atoms with van der Waals surface area (Å²) in [6, 6.07) is 9.61. The van der Waals surface area contributed by atoms with Crippen molar-refractivity contribution >= 4 is 23.2 Å². The van der Waals surface area contributed by atoms with E-state index in [1.807, 2.05) is 24.6 Å². The lowest BCUT2D eigenvalue weighted by atomic mass is 9.95. The molecule has 0 N–H and O–H groups in total. The highest BCUT2D eigenvalue weighted by Gasteiger charge is 2.29. The fourth-order valence-electron chi connectivity index (χ4n) is 3.13. The molecule has 6 heteroatoms. The predicted molar refractivity (Wildman–Crippen MR) is 95.8 cm³/mol. The van der Waals surface area contributed by atoms with E-state index in [4.69, 9.17) is 0 Å². The summed E-state index contributed by atoms with van der Waals surface area (Å²) in [6.45, 7) is 1.74. The van der Waals surface area contributed by atoms with Crippen LogP contribution in [0.4, 0.5) is 4.39 Å². The van der Waals surface area contributed by atoms with Crippen molar-refractivity contribution in [2.24, 2.45) is 5.92 Å². The zero-order chi connectivity index (χ0) is 17.8. The Bertz CT molecular complexity index is 722. The lowest BCUT2D eigenvalue weighted by Crippen LogP contribution is -2.43. The van der Waals surface area contributed by atoms with Crippen molar-refractivity contribution in [3.05, 3.63) is 58.0 Å². The summed E-state index contributed by atoms with van der Waals surface area (Å²) in [5, 5.41) is 2.01. The van der Waals surface area contributed by atoms with Gasteiger partial charge in [-0.05, 0) is 48.6 Å². The van der Waals surface area contributed by atoms with Crippen molar-refractivity contribution in [1.82, 2.24) is 9.80 Å². The van der Waals surface area contributed by atoms with Crippen LogP contribution < -0.4 is 0 Å². The smallest absolute Gasteiger partial charge is 0.253 e. The number of nitrogens with zero attached hydrogens (tertiary/aromatic N) is 2. The summed E-state index contributed by atoms with van der Waals surface area (Å²) in [6.07, 6.45) is 1.33. The first-order valence-corrected chi connectivity index (χ1v) is 9.25. The highest BCUT2D eigenvalue weighted by atomic mass is 32.1. The van der Waals surface area contributed by atoms with Crippen LogP contribution in [-0.2, 0) is 11.3 Å². The number of benzene rings is 1. The van der Waals surface area contributed by atoms with Crippen LogP contribution in [0.15, 0.2) is 41.8 Å². The van der Waals surface area contributed by atoms with Gasteiger partial charge in [0.2, 0.25) is 5.91 Å². The van der Waals surface area contributed by atoms with E-state index in [1.54, 1.807) is 21.1 Å². The molecule has 1 aliphatic rings. The van der Waals surface area contributed by atoms with Crippen molar-refractivity contribution in [2.75, 3.05) is 20.1 Å². The largest absolute Gasteiger partial charge is 0.340 e. The summed E-state index contributed by atoms with van der Waals surface area (Å²) >= 11 is 1.64. The molecule has 132 valence electrons. The summed E-state index contributed by atoms with van der Waals surface area (Å²) in [5.74, 6) is -0.350. The second kappa shape index (κ2) is 7.78. The van der Waals surface area contributed by atoms with Crippen LogP contribution in [0.2, 0.25) is 0 Å². The van der Waals surface area contributed by atoms with Crippen LogP contribution in [0.1, 0.15) is 28.1 Å². The standard InChI is InChI=1S/C19H21FN2O2S/c1-21(13-17-3-2-12-25-17)18(23)15-8-10-22(11-9-15)19(24)14-4-6-16(20)7-5-14/h2-7,12,15H,8-11,13H2,1H3. The number of hydrogen-bond acceptors (Lipinski definition) is 3. The van der Waals surface area contributed by atoms with Gasteiger partial charge in [0.05, 0.1) is 6.54 Å². The predicted octanol–water partition coefficient (Wildman–Crippen LogP) is 3.40. The van der Waals surface area contributed by atoms with Crippen LogP contribution in [0, 0.1) is 11.7 Å². The SMILES string of the molecule is CN(Cc1cccs1)C(=O)C1CCN(C(=O)c2ccc(F)cc2)CC1. The van der Waals surface area contributed by atoms with Gasteiger partial charge >= 0.3 is 0 Å². The number of likely N-dealkylation sites (tertiary alicyclic amines) is 1. The Morgan fingerprint density at radius 2 is 1.88 bits per heavy atom. The Labute approximate surface area is 150 Å². The van der Waals surface area contributed by atoms with E-state index >= 15 is 0 Å². The maximum absolute atomic E-state index is 13.0. The van der Waals surface area contributed by atoms with Gasteiger partial charge in [-0.3, -0.25) is 9.59 Å². The molecular weight excluding hydrogens is 339 g/mol. The molecule has 0 atom stereocenters. The number of halogens is 1. The van der Waals surface area contributed by atoms with Crippen molar-refractivity contribution in [3.63, 3.8) is 0 Å². The summed E-state index contributed by atoms with van der Waals surface area (Å²) in [4.78, 5) is 29.7. The molecule has 1 fully saturated rings. The molecule has 1 saturated heterocycles. The Balaban J connectivity index is 1.53. The molecule has 1 aromatic carbocycles. The lowest BCUT2D eigenvalue weighted by molar-refractivity contribution is -0.136.